The smallest absolute Gasteiger partial charge is 0.225 e. The van der Waals surface area contributed by atoms with Crippen molar-refractivity contribution in [1.29, 1.82) is 0 Å². The van der Waals surface area contributed by atoms with Gasteiger partial charge in [0.15, 0.2) is 0 Å². The molecule has 0 bridgehead atoms. The number of anilines is 1. The second-order valence-electron chi connectivity index (χ2n) is 5.61. The first-order chi connectivity index (χ1) is 11.3. The first kappa shape index (κ1) is 14.8. The van der Waals surface area contributed by atoms with Crippen LogP contribution in [0.2, 0.25) is 0 Å². The molecule has 4 rings (SSSR count). The second kappa shape index (κ2) is 6.41. The van der Waals surface area contributed by atoms with Crippen LogP contribution in [0.5, 0.6) is 0 Å². The van der Waals surface area contributed by atoms with E-state index in [1.54, 1.807) is 11.3 Å². The van der Waals surface area contributed by atoms with Crippen LogP contribution in [-0.2, 0) is 0 Å². The molecular weight excluding hydrogens is 374 g/mol. The van der Waals surface area contributed by atoms with Gasteiger partial charge in [0.25, 0.3) is 0 Å². The number of hydrogen-bond acceptors (Lipinski definition) is 5. The number of piperidine rings is 1. The third-order valence-electron chi connectivity index (χ3n) is 4.23. The van der Waals surface area contributed by atoms with Crippen LogP contribution in [0.4, 0.5) is 5.95 Å². The van der Waals surface area contributed by atoms with Gasteiger partial charge in [0.2, 0.25) is 5.95 Å². The second-order valence-corrected chi connectivity index (χ2v) is 7.38. The first-order valence-electron chi connectivity index (χ1n) is 7.62. The van der Waals surface area contributed by atoms with E-state index in [0.29, 0.717) is 5.92 Å². The summed E-state index contributed by atoms with van der Waals surface area (Å²) in [7, 11) is 0. The van der Waals surface area contributed by atoms with E-state index in [4.69, 9.17) is 4.98 Å². The molecule has 0 unspecified atom stereocenters. The van der Waals surface area contributed by atoms with E-state index < -0.39 is 0 Å². The van der Waals surface area contributed by atoms with Gasteiger partial charge in [-0.15, -0.1) is 11.3 Å². The summed E-state index contributed by atoms with van der Waals surface area (Å²) < 4.78 is 1.09. The summed E-state index contributed by atoms with van der Waals surface area (Å²) in [6.07, 6.45) is 5.87. The Balaban J connectivity index is 1.50. The summed E-state index contributed by atoms with van der Waals surface area (Å²) in [4.78, 5) is 12.7. The summed E-state index contributed by atoms with van der Waals surface area (Å²) in [5, 5.41) is 9.21. The van der Waals surface area contributed by atoms with Crippen molar-refractivity contribution in [3.63, 3.8) is 0 Å². The van der Waals surface area contributed by atoms with Crippen LogP contribution in [-0.4, -0.2) is 33.3 Å². The number of thiophene rings is 1. The molecule has 1 fully saturated rings. The molecule has 1 aliphatic rings. The van der Waals surface area contributed by atoms with Crippen molar-refractivity contribution < 1.29 is 0 Å². The van der Waals surface area contributed by atoms with Gasteiger partial charge in [0.05, 0.1) is 10.6 Å². The van der Waals surface area contributed by atoms with Crippen LogP contribution in [0.1, 0.15) is 24.5 Å². The molecule has 7 heteroatoms. The zero-order chi connectivity index (χ0) is 15.6. The van der Waals surface area contributed by atoms with Crippen LogP contribution >= 0.6 is 27.3 Å². The van der Waals surface area contributed by atoms with E-state index >= 15 is 0 Å². The van der Waals surface area contributed by atoms with Crippen molar-refractivity contribution in [3.05, 3.63) is 46.1 Å². The fraction of sp³-hybridized carbons (Fsp3) is 0.312. The van der Waals surface area contributed by atoms with E-state index in [1.165, 1.54) is 5.69 Å². The molecule has 1 N–H and O–H groups in total. The Morgan fingerprint density at radius 3 is 2.74 bits per heavy atom. The summed E-state index contributed by atoms with van der Waals surface area (Å²) in [5.74, 6) is 1.38. The van der Waals surface area contributed by atoms with Gasteiger partial charge in [0.1, 0.15) is 0 Å². The highest BCUT2D eigenvalue weighted by atomic mass is 79.9. The lowest BCUT2D eigenvalue weighted by Crippen LogP contribution is -2.34. The molecule has 5 nitrogen and oxygen atoms in total. The van der Waals surface area contributed by atoms with E-state index in [0.717, 1.165) is 46.9 Å². The van der Waals surface area contributed by atoms with Crippen molar-refractivity contribution in [1.82, 2.24) is 20.2 Å². The lowest BCUT2D eigenvalue weighted by atomic mass is 9.94. The fourth-order valence-electron chi connectivity index (χ4n) is 2.99. The zero-order valence-electron chi connectivity index (χ0n) is 12.4. The molecule has 0 aromatic carbocycles. The number of rotatable bonds is 3. The highest BCUT2D eigenvalue weighted by Crippen LogP contribution is 2.33. The molecule has 0 atom stereocenters. The third-order valence-corrected chi connectivity index (χ3v) is 6.09. The molecule has 118 valence electrons. The number of nitrogens with zero attached hydrogens (tertiary/aromatic N) is 4. The number of aromatic nitrogens is 4. The van der Waals surface area contributed by atoms with Gasteiger partial charge in [-0.2, -0.15) is 5.10 Å². The Hall–Kier alpha value is -1.73. The maximum Gasteiger partial charge on any atom is 0.225 e. The van der Waals surface area contributed by atoms with Crippen molar-refractivity contribution in [2.75, 3.05) is 18.0 Å². The van der Waals surface area contributed by atoms with Gasteiger partial charge >= 0.3 is 0 Å². The molecule has 0 amide bonds. The molecule has 0 aliphatic carbocycles. The molecule has 23 heavy (non-hydrogen) atoms. The predicted molar refractivity (Wildman–Crippen MR) is 95.8 cm³/mol. The Labute approximate surface area is 146 Å². The topological polar surface area (TPSA) is 57.7 Å². The van der Waals surface area contributed by atoms with Crippen molar-refractivity contribution in [2.45, 2.75) is 18.8 Å². The van der Waals surface area contributed by atoms with Gasteiger partial charge in [-0.05, 0) is 52.4 Å². The van der Waals surface area contributed by atoms with Crippen molar-refractivity contribution in [3.8, 4) is 10.6 Å². The molecule has 0 saturated carbocycles. The van der Waals surface area contributed by atoms with Gasteiger partial charge < -0.3 is 4.90 Å². The van der Waals surface area contributed by atoms with E-state index in [-0.39, 0.29) is 0 Å². The van der Waals surface area contributed by atoms with Crippen LogP contribution in [0.25, 0.3) is 10.6 Å². The Kier molecular flexibility index (Phi) is 4.13. The average molecular weight is 390 g/mol. The standard InChI is InChI=1S/C16H16BrN5S/c17-12-5-10-23-15(12)14-1-6-18-16(20-14)22-8-3-11(4-9-22)13-2-7-19-21-13/h1-2,5-7,10-11H,3-4,8-9H2,(H,19,21). The number of aromatic amines is 1. The molecule has 3 aromatic heterocycles. The Bertz CT molecular complexity index is 777. The number of hydrogen-bond donors (Lipinski definition) is 1. The monoisotopic (exact) mass is 389 g/mol. The minimum Gasteiger partial charge on any atom is -0.341 e. The molecule has 0 radical (unpaired) electrons. The van der Waals surface area contributed by atoms with Crippen LogP contribution in [0.15, 0.2) is 40.4 Å². The predicted octanol–water partition coefficient (Wildman–Crippen LogP) is 4.07. The highest BCUT2D eigenvalue weighted by Gasteiger charge is 2.23. The van der Waals surface area contributed by atoms with Crippen LogP contribution in [0.3, 0.4) is 0 Å². The highest BCUT2D eigenvalue weighted by molar-refractivity contribution is 9.10. The van der Waals surface area contributed by atoms with E-state index in [9.17, 15) is 0 Å². The Morgan fingerprint density at radius 1 is 1.17 bits per heavy atom. The fourth-order valence-corrected chi connectivity index (χ4v) is 4.53. The minimum atomic E-state index is 0.559. The quantitative estimate of drug-likeness (QED) is 0.733. The summed E-state index contributed by atoms with van der Waals surface area (Å²) in [6, 6.07) is 6.10. The zero-order valence-corrected chi connectivity index (χ0v) is 14.8. The average Bonchev–Trinajstić information content (AvgIpc) is 3.27. The molecule has 0 spiro atoms. The van der Waals surface area contributed by atoms with E-state index in [2.05, 4.69) is 53.5 Å². The van der Waals surface area contributed by atoms with Gasteiger partial charge in [-0.25, -0.2) is 9.97 Å². The summed E-state index contributed by atoms with van der Waals surface area (Å²) in [5.41, 5.74) is 2.22. The largest absolute Gasteiger partial charge is 0.341 e. The molecule has 3 aromatic rings. The number of halogens is 1. The molecule has 1 aliphatic heterocycles. The first-order valence-corrected chi connectivity index (χ1v) is 9.29. The molecular formula is C16H16BrN5S. The normalized spacial score (nSPS) is 16.0. The van der Waals surface area contributed by atoms with Gasteiger partial charge in [-0.1, -0.05) is 0 Å². The van der Waals surface area contributed by atoms with Crippen molar-refractivity contribution >= 4 is 33.2 Å². The van der Waals surface area contributed by atoms with Crippen molar-refractivity contribution in [2.24, 2.45) is 0 Å². The van der Waals surface area contributed by atoms with E-state index in [1.807, 2.05) is 18.5 Å². The van der Waals surface area contributed by atoms with Crippen LogP contribution < -0.4 is 4.90 Å². The molecule has 1 saturated heterocycles. The Morgan fingerprint density at radius 2 is 2.04 bits per heavy atom. The lowest BCUT2D eigenvalue weighted by molar-refractivity contribution is 0.490. The summed E-state index contributed by atoms with van der Waals surface area (Å²) >= 11 is 5.27. The number of nitrogens with one attached hydrogen (secondary N) is 1. The van der Waals surface area contributed by atoms with Gasteiger partial charge in [-0.3, -0.25) is 5.10 Å². The lowest BCUT2D eigenvalue weighted by Gasteiger charge is -2.31. The SMILES string of the molecule is Brc1ccsc1-c1ccnc(N2CCC(c3ccn[nH]3)CC2)n1. The third kappa shape index (κ3) is 3.03. The molecule has 4 heterocycles. The minimum absolute atomic E-state index is 0.559. The van der Waals surface area contributed by atoms with Gasteiger partial charge in [0, 0.05) is 41.6 Å². The van der Waals surface area contributed by atoms with Crippen LogP contribution in [0, 0.1) is 0 Å². The maximum absolute atomic E-state index is 4.76. The summed E-state index contributed by atoms with van der Waals surface area (Å²) in [6.45, 7) is 1.94. The maximum atomic E-state index is 4.76. The number of H-pyrrole nitrogens is 1.